The van der Waals surface area contributed by atoms with Crippen molar-refractivity contribution in [2.45, 2.75) is 62.8 Å². The standard InChI is InChI=1S/C28H27Cl2N3O5S/c1-37-22-11-16(26(34)35)12-23-24(22)32-27(39-23)28(36)9-7-17(8-10-28)38-14-21-18(15-5-6-15)13-31-33(21)25-19(29)3-2-4-20(25)30/h2-4,11-13,15,17,36H,5-10,14H2,1H3,(H,34,35). The van der Waals surface area contributed by atoms with Gasteiger partial charge in [0.25, 0.3) is 0 Å². The summed E-state index contributed by atoms with van der Waals surface area (Å²) in [4.78, 5) is 16.2. The summed E-state index contributed by atoms with van der Waals surface area (Å²) >= 11 is 14.3. The van der Waals surface area contributed by atoms with Crippen molar-refractivity contribution in [3.8, 4) is 11.4 Å². The molecule has 2 saturated carbocycles. The number of ether oxygens (including phenoxy) is 2. The van der Waals surface area contributed by atoms with Gasteiger partial charge in [-0.25, -0.2) is 14.5 Å². The van der Waals surface area contributed by atoms with Crippen LogP contribution in [0.25, 0.3) is 15.9 Å². The number of aromatic nitrogens is 3. The van der Waals surface area contributed by atoms with Gasteiger partial charge in [-0.1, -0.05) is 29.3 Å². The first-order valence-electron chi connectivity index (χ1n) is 12.8. The first-order chi connectivity index (χ1) is 18.8. The normalized spacial score (nSPS) is 21.4. The largest absolute Gasteiger partial charge is 0.494 e. The van der Waals surface area contributed by atoms with Gasteiger partial charge in [0.05, 0.1) is 52.0 Å². The van der Waals surface area contributed by atoms with Crippen molar-refractivity contribution in [2.75, 3.05) is 7.11 Å². The van der Waals surface area contributed by atoms with Gasteiger partial charge in [0.1, 0.15) is 27.6 Å². The van der Waals surface area contributed by atoms with E-state index in [0.717, 1.165) is 18.5 Å². The number of carboxylic acid groups (broad SMARTS) is 1. The molecule has 2 aliphatic carbocycles. The van der Waals surface area contributed by atoms with E-state index in [2.05, 4.69) is 10.1 Å². The number of rotatable bonds is 8. The summed E-state index contributed by atoms with van der Waals surface area (Å²) in [7, 11) is 1.48. The molecule has 39 heavy (non-hydrogen) atoms. The molecule has 0 bridgehead atoms. The van der Waals surface area contributed by atoms with E-state index in [1.54, 1.807) is 22.9 Å². The minimum Gasteiger partial charge on any atom is -0.494 e. The van der Waals surface area contributed by atoms with Gasteiger partial charge in [0.2, 0.25) is 0 Å². The number of methoxy groups -OCH3 is 1. The predicted octanol–water partition coefficient (Wildman–Crippen LogP) is 6.72. The van der Waals surface area contributed by atoms with Gasteiger partial charge in [0, 0.05) is 0 Å². The van der Waals surface area contributed by atoms with Crippen LogP contribution in [0.3, 0.4) is 0 Å². The highest BCUT2D eigenvalue weighted by molar-refractivity contribution is 7.18. The lowest BCUT2D eigenvalue weighted by atomic mass is 9.83. The van der Waals surface area contributed by atoms with Gasteiger partial charge in [-0.3, -0.25) is 0 Å². The quantitative estimate of drug-likeness (QED) is 0.235. The number of halogens is 2. The van der Waals surface area contributed by atoms with Crippen molar-refractivity contribution < 1.29 is 24.5 Å². The number of carboxylic acids is 1. The van der Waals surface area contributed by atoms with Crippen LogP contribution in [0, 0.1) is 0 Å². The third kappa shape index (κ3) is 5.02. The van der Waals surface area contributed by atoms with Crippen molar-refractivity contribution in [2.24, 2.45) is 0 Å². The third-order valence-electron chi connectivity index (χ3n) is 7.61. The van der Waals surface area contributed by atoms with Gasteiger partial charge >= 0.3 is 5.97 Å². The van der Waals surface area contributed by atoms with Crippen LogP contribution in [0.5, 0.6) is 5.75 Å². The van der Waals surface area contributed by atoms with Crippen LogP contribution in [-0.2, 0) is 16.9 Å². The average Bonchev–Trinajstić information content (AvgIpc) is 3.52. The highest BCUT2D eigenvalue weighted by Gasteiger charge is 2.39. The summed E-state index contributed by atoms with van der Waals surface area (Å²) in [5.74, 6) is -0.174. The van der Waals surface area contributed by atoms with Crippen molar-refractivity contribution in [1.29, 1.82) is 0 Å². The van der Waals surface area contributed by atoms with Gasteiger partial charge in [-0.15, -0.1) is 11.3 Å². The summed E-state index contributed by atoms with van der Waals surface area (Å²) in [5, 5.41) is 27.2. The molecular weight excluding hydrogens is 561 g/mol. The van der Waals surface area contributed by atoms with Crippen molar-refractivity contribution in [3.63, 3.8) is 0 Å². The molecule has 2 N–H and O–H groups in total. The van der Waals surface area contributed by atoms with Gasteiger partial charge in [-0.2, -0.15) is 5.10 Å². The number of benzene rings is 2. The predicted molar refractivity (Wildman–Crippen MR) is 150 cm³/mol. The van der Waals surface area contributed by atoms with E-state index in [4.69, 9.17) is 32.7 Å². The lowest BCUT2D eigenvalue weighted by Gasteiger charge is -2.34. The van der Waals surface area contributed by atoms with Gasteiger partial charge in [0.15, 0.2) is 0 Å². The fraction of sp³-hybridized carbons (Fsp3) is 0.393. The van der Waals surface area contributed by atoms with Crippen LogP contribution in [0.4, 0.5) is 0 Å². The van der Waals surface area contributed by atoms with Crippen molar-refractivity contribution in [3.05, 3.63) is 68.4 Å². The Morgan fingerprint density at radius 3 is 2.54 bits per heavy atom. The first kappa shape index (κ1) is 26.5. The molecule has 8 nitrogen and oxygen atoms in total. The number of thiazole rings is 1. The van der Waals surface area contributed by atoms with Crippen molar-refractivity contribution >= 4 is 50.7 Å². The Morgan fingerprint density at radius 1 is 1.18 bits per heavy atom. The molecule has 2 aromatic carbocycles. The molecule has 4 aromatic rings. The van der Waals surface area contributed by atoms with Gasteiger partial charge in [-0.05, 0) is 74.3 Å². The summed E-state index contributed by atoms with van der Waals surface area (Å²) in [6.45, 7) is 0.368. The topological polar surface area (TPSA) is 107 Å². The Bertz CT molecular complexity index is 1540. The number of aliphatic hydroxyl groups is 1. The third-order valence-corrected chi connectivity index (χ3v) is 9.41. The van der Waals surface area contributed by atoms with Gasteiger partial charge < -0.3 is 19.7 Å². The Hall–Kier alpha value is -2.69. The number of carbonyl (C=O) groups is 1. The zero-order chi connectivity index (χ0) is 27.3. The second-order valence-electron chi connectivity index (χ2n) is 10.2. The molecule has 11 heteroatoms. The number of para-hydroxylation sites is 1. The molecule has 6 rings (SSSR count). The van der Waals surface area contributed by atoms with E-state index in [-0.39, 0.29) is 11.7 Å². The van der Waals surface area contributed by atoms with E-state index >= 15 is 0 Å². The Morgan fingerprint density at radius 2 is 1.90 bits per heavy atom. The molecule has 0 saturated heterocycles. The number of nitrogens with zero attached hydrogens (tertiary/aromatic N) is 3. The maximum Gasteiger partial charge on any atom is 0.335 e. The van der Waals surface area contributed by atoms with Crippen LogP contribution in [0.15, 0.2) is 36.5 Å². The molecule has 0 unspecified atom stereocenters. The summed E-state index contributed by atoms with van der Waals surface area (Å²) in [6, 6.07) is 8.44. The van der Waals surface area contributed by atoms with E-state index in [9.17, 15) is 15.0 Å². The fourth-order valence-electron chi connectivity index (χ4n) is 5.27. The smallest absolute Gasteiger partial charge is 0.335 e. The van der Waals surface area contributed by atoms with Crippen LogP contribution in [0.2, 0.25) is 10.0 Å². The van der Waals surface area contributed by atoms with Crippen molar-refractivity contribution in [1.82, 2.24) is 14.8 Å². The van der Waals surface area contributed by atoms with Crippen LogP contribution < -0.4 is 4.74 Å². The second-order valence-corrected chi connectivity index (χ2v) is 12.0. The monoisotopic (exact) mass is 587 g/mol. The molecule has 2 fully saturated rings. The minimum absolute atomic E-state index is 0.0371. The highest BCUT2D eigenvalue weighted by Crippen LogP contribution is 2.45. The number of aromatic carboxylic acids is 1. The molecule has 0 atom stereocenters. The molecular formula is C28H27Cl2N3O5S. The zero-order valence-corrected chi connectivity index (χ0v) is 23.5. The number of fused-ring (bicyclic) bond motifs is 1. The highest BCUT2D eigenvalue weighted by atomic mass is 35.5. The van der Waals surface area contributed by atoms with Crippen LogP contribution in [0.1, 0.15) is 71.1 Å². The van der Waals surface area contributed by atoms with Crippen LogP contribution >= 0.6 is 34.5 Å². The Balaban J connectivity index is 1.18. The number of hydrogen-bond acceptors (Lipinski definition) is 7. The maximum absolute atomic E-state index is 11.5. The molecule has 2 heterocycles. The summed E-state index contributed by atoms with van der Waals surface area (Å²) < 4.78 is 14.2. The summed E-state index contributed by atoms with van der Waals surface area (Å²) in [6.07, 6.45) is 6.40. The average molecular weight is 589 g/mol. The molecule has 0 radical (unpaired) electrons. The molecule has 0 aliphatic heterocycles. The SMILES string of the molecule is COc1cc(C(=O)O)cc2sc(C3(O)CCC(OCc4c(C5CC5)cnn4-c4c(Cl)cccc4Cl)CC3)nc12. The maximum atomic E-state index is 11.5. The summed E-state index contributed by atoms with van der Waals surface area (Å²) in [5.41, 5.74) is 2.36. The fourth-order valence-corrected chi connectivity index (χ4v) is 7.00. The molecule has 2 aromatic heterocycles. The molecule has 0 amide bonds. The second kappa shape index (κ2) is 10.4. The van der Waals surface area contributed by atoms with Crippen LogP contribution in [-0.4, -0.2) is 44.2 Å². The molecule has 2 aliphatic rings. The van der Waals surface area contributed by atoms with E-state index in [1.807, 2.05) is 12.3 Å². The molecule has 0 spiro atoms. The minimum atomic E-state index is -1.11. The molecule has 204 valence electrons. The van der Waals surface area contributed by atoms with E-state index in [0.29, 0.717) is 74.9 Å². The van der Waals surface area contributed by atoms with E-state index < -0.39 is 11.6 Å². The first-order valence-corrected chi connectivity index (χ1v) is 14.4. The lowest BCUT2D eigenvalue weighted by Crippen LogP contribution is -2.34. The number of hydrogen-bond donors (Lipinski definition) is 2. The van der Waals surface area contributed by atoms with E-state index in [1.165, 1.54) is 30.1 Å². The zero-order valence-electron chi connectivity index (χ0n) is 21.2. The lowest BCUT2D eigenvalue weighted by molar-refractivity contribution is -0.0648. The Kier molecular flexibility index (Phi) is 7.05. The Labute approximate surface area is 239 Å².